The van der Waals surface area contributed by atoms with Crippen molar-refractivity contribution in [2.75, 3.05) is 0 Å². The average Bonchev–Trinajstić information content (AvgIpc) is 2.29. The first kappa shape index (κ1) is 13.6. The van der Waals surface area contributed by atoms with Crippen molar-refractivity contribution >= 4 is 5.97 Å². The van der Waals surface area contributed by atoms with Gasteiger partial charge in [0.05, 0.1) is 0 Å². The van der Waals surface area contributed by atoms with Gasteiger partial charge >= 0.3 is 12.6 Å². The summed E-state index contributed by atoms with van der Waals surface area (Å²) >= 11 is 0. The molecule has 5 heteroatoms. The van der Waals surface area contributed by atoms with Crippen LogP contribution < -0.4 is 4.74 Å². The molecule has 17 heavy (non-hydrogen) atoms. The van der Waals surface area contributed by atoms with E-state index in [1.54, 1.807) is 37.3 Å². The molecule has 0 bridgehead atoms. The fourth-order valence-electron chi connectivity index (χ4n) is 1.30. The van der Waals surface area contributed by atoms with E-state index in [-0.39, 0.29) is 6.42 Å². The number of benzene rings is 1. The van der Waals surface area contributed by atoms with Crippen LogP contribution in [0.5, 0.6) is 5.75 Å². The summed E-state index contributed by atoms with van der Waals surface area (Å²) in [5.41, 5.74) is 0. The Kier molecular flexibility index (Phi) is 5.56. The van der Waals surface area contributed by atoms with Gasteiger partial charge in [-0.3, -0.25) is 0 Å². The van der Waals surface area contributed by atoms with Crippen LogP contribution in [0.3, 0.4) is 0 Å². The summed E-state index contributed by atoms with van der Waals surface area (Å²) in [5, 5.41) is 0. The number of esters is 1. The summed E-state index contributed by atoms with van der Waals surface area (Å²) in [7, 11) is 0. The van der Waals surface area contributed by atoms with Crippen molar-refractivity contribution in [1.82, 2.24) is 0 Å². The smallest absolute Gasteiger partial charge is 0.346 e. The summed E-state index contributed by atoms with van der Waals surface area (Å²) < 4.78 is 33.3. The van der Waals surface area contributed by atoms with Crippen molar-refractivity contribution in [3.63, 3.8) is 0 Å². The zero-order valence-corrected chi connectivity index (χ0v) is 9.44. The fraction of sp³-hybridized carbons (Fsp3) is 0.417. The van der Waals surface area contributed by atoms with Crippen LogP contribution in [-0.2, 0) is 9.53 Å². The highest BCUT2D eigenvalue weighted by atomic mass is 19.3. The van der Waals surface area contributed by atoms with Crippen LogP contribution in [-0.4, -0.2) is 18.7 Å². The van der Waals surface area contributed by atoms with Crippen LogP contribution in [0.15, 0.2) is 30.3 Å². The minimum atomic E-state index is -2.98. The third-order valence-electron chi connectivity index (χ3n) is 2.04. The van der Waals surface area contributed by atoms with Crippen molar-refractivity contribution in [2.45, 2.75) is 32.5 Å². The maximum absolute atomic E-state index is 12.1. The minimum Gasteiger partial charge on any atom is -0.425 e. The van der Waals surface area contributed by atoms with Gasteiger partial charge in [0.25, 0.3) is 0 Å². The molecule has 0 aromatic heterocycles. The van der Waals surface area contributed by atoms with Gasteiger partial charge in [-0.25, -0.2) is 4.79 Å². The topological polar surface area (TPSA) is 35.5 Å². The zero-order valence-electron chi connectivity index (χ0n) is 9.44. The second-order valence-electron chi connectivity index (χ2n) is 3.41. The number of halogens is 2. The van der Waals surface area contributed by atoms with Gasteiger partial charge in [-0.1, -0.05) is 31.5 Å². The number of para-hydroxylation sites is 1. The molecule has 0 aliphatic carbocycles. The summed E-state index contributed by atoms with van der Waals surface area (Å²) in [6.07, 6.45) is -0.461. The monoisotopic (exact) mass is 244 g/mol. The highest BCUT2D eigenvalue weighted by molar-refractivity contribution is 5.77. The lowest BCUT2D eigenvalue weighted by atomic mass is 10.2. The van der Waals surface area contributed by atoms with Crippen LogP contribution in [0.4, 0.5) is 8.78 Å². The summed E-state index contributed by atoms with van der Waals surface area (Å²) in [4.78, 5) is 11.6. The number of carbonyl (C=O) groups is 1. The van der Waals surface area contributed by atoms with E-state index in [1.807, 2.05) is 0 Å². The Labute approximate surface area is 98.3 Å². The molecule has 1 aromatic carbocycles. The molecule has 0 N–H and O–H groups in total. The van der Waals surface area contributed by atoms with Crippen molar-refractivity contribution in [2.24, 2.45) is 0 Å². The number of hydrogen-bond donors (Lipinski definition) is 0. The molecule has 0 radical (unpaired) electrons. The first-order valence-electron chi connectivity index (χ1n) is 5.33. The molecule has 3 nitrogen and oxygen atoms in total. The van der Waals surface area contributed by atoms with E-state index in [4.69, 9.17) is 4.74 Å². The largest absolute Gasteiger partial charge is 0.425 e. The summed E-state index contributed by atoms with van der Waals surface area (Å²) in [6.45, 7) is -1.20. The molecule has 0 heterocycles. The quantitative estimate of drug-likeness (QED) is 0.570. The van der Waals surface area contributed by atoms with Crippen molar-refractivity contribution in [1.29, 1.82) is 0 Å². The standard InChI is InChI=1S/C12H14F2O3/c1-2-6-10(17-12(13)14)11(15)16-9-7-4-3-5-8-9/h3-5,7-8,10,12H,2,6H2,1H3. The highest BCUT2D eigenvalue weighted by Gasteiger charge is 2.24. The van der Waals surface area contributed by atoms with Crippen LogP contribution in [0.25, 0.3) is 0 Å². The Morgan fingerprint density at radius 3 is 2.47 bits per heavy atom. The van der Waals surface area contributed by atoms with Gasteiger partial charge in [-0.15, -0.1) is 0 Å². The third-order valence-corrected chi connectivity index (χ3v) is 2.04. The Morgan fingerprint density at radius 1 is 1.29 bits per heavy atom. The van der Waals surface area contributed by atoms with E-state index in [2.05, 4.69) is 4.74 Å². The highest BCUT2D eigenvalue weighted by Crippen LogP contribution is 2.14. The van der Waals surface area contributed by atoms with E-state index >= 15 is 0 Å². The molecule has 0 aliphatic rings. The lowest BCUT2D eigenvalue weighted by Gasteiger charge is -2.15. The molecule has 0 amide bonds. The van der Waals surface area contributed by atoms with Crippen molar-refractivity contribution in [3.8, 4) is 5.75 Å². The second-order valence-corrected chi connectivity index (χ2v) is 3.41. The normalized spacial score (nSPS) is 12.5. The van der Waals surface area contributed by atoms with Crippen LogP contribution in [0.1, 0.15) is 19.8 Å². The van der Waals surface area contributed by atoms with Crippen LogP contribution in [0, 0.1) is 0 Å². The molecular weight excluding hydrogens is 230 g/mol. The van der Waals surface area contributed by atoms with Gasteiger partial charge < -0.3 is 9.47 Å². The van der Waals surface area contributed by atoms with E-state index in [0.29, 0.717) is 12.2 Å². The van der Waals surface area contributed by atoms with Gasteiger partial charge in [-0.05, 0) is 18.6 Å². The molecule has 94 valence electrons. The van der Waals surface area contributed by atoms with Crippen molar-refractivity contribution in [3.05, 3.63) is 30.3 Å². The molecule has 1 aromatic rings. The fourth-order valence-corrected chi connectivity index (χ4v) is 1.30. The molecule has 1 rings (SSSR count). The van der Waals surface area contributed by atoms with Gasteiger partial charge in [0, 0.05) is 0 Å². The average molecular weight is 244 g/mol. The Balaban J connectivity index is 2.59. The van der Waals surface area contributed by atoms with E-state index in [9.17, 15) is 13.6 Å². The maximum Gasteiger partial charge on any atom is 0.346 e. The van der Waals surface area contributed by atoms with E-state index < -0.39 is 18.7 Å². The predicted molar refractivity (Wildman–Crippen MR) is 57.9 cm³/mol. The summed E-state index contributed by atoms with van der Waals surface area (Å²) in [5.74, 6) is -0.477. The lowest BCUT2D eigenvalue weighted by molar-refractivity contribution is -0.186. The molecule has 0 aliphatic heterocycles. The predicted octanol–water partition coefficient (Wildman–Crippen LogP) is 3.00. The first-order chi connectivity index (χ1) is 8.13. The van der Waals surface area contributed by atoms with Gasteiger partial charge in [0.15, 0.2) is 6.10 Å². The minimum absolute atomic E-state index is 0.204. The Hall–Kier alpha value is -1.49. The lowest BCUT2D eigenvalue weighted by Crippen LogP contribution is -2.30. The zero-order chi connectivity index (χ0) is 12.7. The third kappa shape index (κ3) is 4.91. The number of ether oxygens (including phenoxy) is 2. The van der Waals surface area contributed by atoms with Gasteiger partial charge in [0.1, 0.15) is 5.75 Å². The second kappa shape index (κ2) is 6.96. The molecule has 0 saturated heterocycles. The number of carbonyl (C=O) groups excluding carboxylic acids is 1. The molecule has 0 spiro atoms. The number of alkyl halides is 2. The number of hydrogen-bond acceptors (Lipinski definition) is 3. The first-order valence-corrected chi connectivity index (χ1v) is 5.33. The van der Waals surface area contributed by atoms with Gasteiger partial charge in [-0.2, -0.15) is 8.78 Å². The molecule has 1 atom stereocenters. The number of rotatable bonds is 6. The maximum atomic E-state index is 12.1. The Morgan fingerprint density at radius 2 is 1.94 bits per heavy atom. The molecule has 0 fully saturated rings. The molecule has 0 saturated carbocycles. The molecular formula is C12H14F2O3. The van der Waals surface area contributed by atoms with Crippen LogP contribution >= 0.6 is 0 Å². The Bertz CT molecular complexity index is 341. The molecule has 1 unspecified atom stereocenters. The van der Waals surface area contributed by atoms with E-state index in [1.165, 1.54) is 0 Å². The summed E-state index contributed by atoms with van der Waals surface area (Å²) in [6, 6.07) is 8.28. The SMILES string of the molecule is CCCC(OC(F)F)C(=O)Oc1ccccc1. The van der Waals surface area contributed by atoms with Gasteiger partial charge in [0.2, 0.25) is 0 Å². The van der Waals surface area contributed by atoms with E-state index in [0.717, 1.165) is 0 Å². The van der Waals surface area contributed by atoms with Crippen LogP contribution in [0.2, 0.25) is 0 Å². The van der Waals surface area contributed by atoms with Crippen molar-refractivity contribution < 1.29 is 23.0 Å².